The van der Waals surface area contributed by atoms with Gasteiger partial charge in [-0.2, -0.15) is 0 Å². The van der Waals surface area contributed by atoms with Gasteiger partial charge in [-0.05, 0) is 19.3 Å². The number of ketones is 1. The van der Waals surface area contributed by atoms with Gasteiger partial charge in [-0.25, -0.2) is 9.98 Å². The zero-order valence-electron chi connectivity index (χ0n) is 13.4. The molecule has 0 heterocycles. The molecule has 0 aliphatic carbocycles. The second-order valence-corrected chi connectivity index (χ2v) is 5.99. The predicted octanol–water partition coefficient (Wildman–Crippen LogP) is 0.904. The fourth-order valence-corrected chi connectivity index (χ4v) is 1.59. The predicted molar refractivity (Wildman–Crippen MR) is 84.8 cm³/mol. The Hall–Kier alpha value is -1.43. The van der Waals surface area contributed by atoms with Crippen LogP contribution in [0.4, 0.5) is 0 Å². The van der Waals surface area contributed by atoms with E-state index in [4.69, 9.17) is 11.5 Å². The summed E-state index contributed by atoms with van der Waals surface area (Å²) in [5.74, 6) is 0.623. The first kappa shape index (κ1) is 18.6. The third-order valence-electron chi connectivity index (χ3n) is 2.83. The Labute approximate surface area is 122 Å². The van der Waals surface area contributed by atoms with E-state index in [2.05, 4.69) is 31.1 Å². The van der Waals surface area contributed by atoms with Crippen molar-refractivity contribution in [2.24, 2.45) is 21.5 Å². The molecule has 0 aromatic carbocycles. The molecule has 0 bridgehead atoms. The van der Waals surface area contributed by atoms with E-state index in [1.807, 2.05) is 0 Å². The van der Waals surface area contributed by atoms with Crippen molar-refractivity contribution >= 4 is 17.6 Å². The molecule has 0 spiro atoms. The van der Waals surface area contributed by atoms with Crippen molar-refractivity contribution in [1.82, 2.24) is 0 Å². The summed E-state index contributed by atoms with van der Waals surface area (Å²) in [6, 6.07) is 0. The van der Waals surface area contributed by atoms with Gasteiger partial charge in [0, 0.05) is 12.8 Å². The Bertz CT molecular complexity index is 355. The van der Waals surface area contributed by atoms with Crippen molar-refractivity contribution in [2.75, 3.05) is 34.2 Å². The Morgan fingerprint density at radius 1 is 1.10 bits per heavy atom. The van der Waals surface area contributed by atoms with Crippen molar-refractivity contribution in [3.63, 3.8) is 0 Å². The Morgan fingerprint density at radius 3 is 2.30 bits per heavy atom. The number of guanidine groups is 1. The number of hydrogen-bond acceptors (Lipinski definition) is 2. The highest BCUT2D eigenvalue weighted by atomic mass is 16.1. The molecular weight excluding hydrogens is 254 g/mol. The molecule has 0 fully saturated rings. The second kappa shape index (κ2) is 9.47. The molecule has 6 nitrogen and oxygen atoms in total. The van der Waals surface area contributed by atoms with E-state index in [-0.39, 0.29) is 18.3 Å². The molecule has 0 atom stereocenters. The minimum atomic E-state index is 0.0435. The summed E-state index contributed by atoms with van der Waals surface area (Å²) in [5, 5.41) is 0. The summed E-state index contributed by atoms with van der Waals surface area (Å²) in [7, 11) is 6.56. The summed E-state index contributed by atoms with van der Waals surface area (Å²) < 4.78 is 0.981. The summed E-state index contributed by atoms with van der Waals surface area (Å²) in [6.07, 6.45) is 4.47. The van der Waals surface area contributed by atoms with E-state index in [1.54, 1.807) is 6.92 Å². The van der Waals surface area contributed by atoms with Gasteiger partial charge in [-0.1, -0.05) is 6.92 Å². The largest absolute Gasteiger partial charge is 0.387 e. The number of rotatable bonds is 9. The number of hydrogen-bond donors (Lipinski definition) is 2. The molecule has 0 saturated carbocycles. The van der Waals surface area contributed by atoms with Crippen LogP contribution in [0.2, 0.25) is 0 Å². The van der Waals surface area contributed by atoms with Crippen LogP contribution in [0.25, 0.3) is 0 Å². The van der Waals surface area contributed by atoms with E-state index in [0.717, 1.165) is 30.3 Å². The van der Waals surface area contributed by atoms with Crippen molar-refractivity contribution in [3.8, 4) is 0 Å². The van der Waals surface area contributed by atoms with Crippen LogP contribution in [0.1, 0.15) is 39.0 Å². The van der Waals surface area contributed by atoms with Gasteiger partial charge in [0.15, 0.2) is 5.78 Å². The van der Waals surface area contributed by atoms with E-state index in [0.29, 0.717) is 12.3 Å². The minimum absolute atomic E-state index is 0.0435. The van der Waals surface area contributed by atoms with Gasteiger partial charge in [-0.15, -0.1) is 0 Å². The van der Waals surface area contributed by atoms with E-state index in [9.17, 15) is 4.79 Å². The Morgan fingerprint density at radius 2 is 1.75 bits per heavy atom. The summed E-state index contributed by atoms with van der Waals surface area (Å²) in [4.78, 5) is 19.0. The minimum Gasteiger partial charge on any atom is -0.387 e. The lowest BCUT2D eigenvalue weighted by atomic mass is 10.2. The monoisotopic (exact) mass is 284 g/mol. The quantitative estimate of drug-likeness (QED) is 0.285. The van der Waals surface area contributed by atoms with Gasteiger partial charge in [-0.3, -0.25) is 4.79 Å². The fraction of sp³-hybridized carbons (Fsp3) is 0.786. The molecule has 0 amide bonds. The maximum atomic E-state index is 11.1. The molecule has 0 aliphatic rings. The van der Waals surface area contributed by atoms with Crippen LogP contribution in [-0.4, -0.2) is 56.3 Å². The summed E-state index contributed by atoms with van der Waals surface area (Å²) in [5.41, 5.74) is 11.4. The number of carbonyl (C=O) groups is 1. The molecule has 20 heavy (non-hydrogen) atoms. The number of nitrogens with zero attached hydrogens (tertiary/aromatic N) is 3. The highest BCUT2D eigenvalue weighted by Crippen LogP contribution is 2.03. The lowest BCUT2D eigenvalue weighted by molar-refractivity contribution is -0.870. The van der Waals surface area contributed by atoms with Crippen LogP contribution in [0.3, 0.4) is 0 Å². The number of amidine groups is 1. The SMILES string of the molecule is CCC(=O)CN=C(N)N=C(N)CCCCC[N+](C)(C)C. The van der Waals surface area contributed by atoms with E-state index >= 15 is 0 Å². The second-order valence-electron chi connectivity index (χ2n) is 5.99. The molecule has 0 aromatic heterocycles. The highest BCUT2D eigenvalue weighted by Gasteiger charge is 2.05. The van der Waals surface area contributed by atoms with E-state index < -0.39 is 0 Å². The normalized spacial score (nSPS) is 13.6. The number of aliphatic imine (C=N–C) groups is 2. The number of nitrogens with two attached hydrogens (primary N) is 2. The lowest BCUT2D eigenvalue weighted by Crippen LogP contribution is -2.35. The molecule has 4 N–H and O–H groups in total. The number of quaternary nitrogens is 1. The number of carbonyl (C=O) groups excluding carboxylic acids is 1. The molecule has 0 rings (SSSR count). The lowest BCUT2D eigenvalue weighted by Gasteiger charge is -2.23. The van der Waals surface area contributed by atoms with Crippen molar-refractivity contribution in [1.29, 1.82) is 0 Å². The molecule has 0 unspecified atom stereocenters. The van der Waals surface area contributed by atoms with Gasteiger partial charge in [0.05, 0.1) is 27.7 Å². The summed E-state index contributed by atoms with van der Waals surface area (Å²) >= 11 is 0. The third kappa shape index (κ3) is 11.6. The van der Waals surface area contributed by atoms with Crippen LogP contribution in [0.5, 0.6) is 0 Å². The first-order valence-electron chi connectivity index (χ1n) is 7.19. The van der Waals surface area contributed by atoms with Crippen molar-refractivity contribution < 1.29 is 9.28 Å². The van der Waals surface area contributed by atoms with Crippen molar-refractivity contribution in [3.05, 3.63) is 0 Å². The zero-order chi connectivity index (χ0) is 15.6. The van der Waals surface area contributed by atoms with Crippen LogP contribution in [-0.2, 0) is 4.79 Å². The van der Waals surface area contributed by atoms with E-state index in [1.165, 1.54) is 6.42 Å². The highest BCUT2D eigenvalue weighted by molar-refractivity contribution is 5.95. The maximum Gasteiger partial charge on any atom is 0.217 e. The molecule has 0 saturated heterocycles. The van der Waals surface area contributed by atoms with Gasteiger partial charge >= 0.3 is 0 Å². The van der Waals surface area contributed by atoms with Crippen LogP contribution >= 0.6 is 0 Å². The average molecular weight is 284 g/mol. The first-order valence-corrected chi connectivity index (χ1v) is 7.19. The maximum absolute atomic E-state index is 11.1. The molecule has 0 radical (unpaired) electrons. The molecule has 0 aliphatic heterocycles. The number of Topliss-reactive ketones (excluding diaryl/α,β-unsaturated/α-hetero) is 1. The molecular formula is C14H30N5O+. The van der Waals surface area contributed by atoms with Gasteiger partial charge in [0.25, 0.3) is 0 Å². The van der Waals surface area contributed by atoms with Crippen LogP contribution < -0.4 is 11.5 Å². The zero-order valence-corrected chi connectivity index (χ0v) is 13.4. The molecule has 6 heteroatoms. The third-order valence-corrected chi connectivity index (χ3v) is 2.83. The Balaban J connectivity index is 3.93. The van der Waals surface area contributed by atoms with Gasteiger partial charge in [0.1, 0.15) is 12.4 Å². The van der Waals surface area contributed by atoms with Gasteiger partial charge < -0.3 is 16.0 Å². The smallest absolute Gasteiger partial charge is 0.217 e. The van der Waals surface area contributed by atoms with Crippen molar-refractivity contribution in [2.45, 2.75) is 39.0 Å². The fourth-order valence-electron chi connectivity index (χ4n) is 1.59. The topological polar surface area (TPSA) is 93.8 Å². The molecule has 116 valence electrons. The Kier molecular flexibility index (Phi) is 8.79. The van der Waals surface area contributed by atoms with Crippen LogP contribution in [0, 0.1) is 0 Å². The van der Waals surface area contributed by atoms with Crippen LogP contribution in [0.15, 0.2) is 9.98 Å². The first-order chi connectivity index (χ1) is 9.24. The average Bonchev–Trinajstić information content (AvgIpc) is 2.34. The summed E-state index contributed by atoms with van der Waals surface area (Å²) in [6.45, 7) is 3.03. The molecule has 0 aromatic rings. The van der Waals surface area contributed by atoms with Gasteiger partial charge in [0.2, 0.25) is 5.96 Å². The standard InChI is InChI=1S/C14H30N5O/c1-5-12(20)11-17-14(16)18-13(15)9-7-6-8-10-19(2,3)4/h5-11H2,1-4H3,(H4,15,16,17,18)/q+1. The number of unbranched alkanes of at least 4 members (excludes halogenated alkanes) is 2.